The van der Waals surface area contributed by atoms with Gasteiger partial charge in [-0.2, -0.15) is 13.2 Å². The van der Waals surface area contributed by atoms with E-state index in [9.17, 15) is 22.4 Å². The Balaban J connectivity index is 2.19. The largest absolute Gasteiger partial charge is 0.416 e. The summed E-state index contributed by atoms with van der Waals surface area (Å²) in [5, 5.41) is 2.41. The van der Waals surface area contributed by atoms with E-state index in [0.29, 0.717) is 23.5 Å². The molecule has 1 aromatic carbocycles. The van der Waals surface area contributed by atoms with E-state index in [2.05, 4.69) is 15.3 Å². The van der Waals surface area contributed by atoms with Crippen molar-refractivity contribution in [1.82, 2.24) is 15.3 Å². The van der Waals surface area contributed by atoms with Gasteiger partial charge >= 0.3 is 6.18 Å². The van der Waals surface area contributed by atoms with Gasteiger partial charge in [0.25, 0.3) is 5.91 Å². The van der Waals surface area contributed by atoms with E-state index in [0.717, 1.165) is 6.07 Å². The Hall–Kier alpha value is -2.51. The SMILES string of the molecule is Cc1cnc(C(C)C)nc1C(=O)NCc1cc(C(F)(F)F)ccc1F. The Morgan fingerprint density at radius 2 is 1.96 bits per heavy atom. The highest BCUT2D eigenvalue weighted by atomic mass is 19.4. The number of carbonyl (C=O) groups is 1. The molecule has 8 heteroatoms. The first-order chi connectivity index (χ1) is 11.6. The molecule has 1 amide bonds. The third-order valence-corrected chi connectivity index (χ3v) is 3.53. The van der Waals surface area contributed by atoms with Crippen molar-refractivity contribution in [1.29, 1.82) is 0 Å². The predicted molar refractivity (Wildman–Crippen MR) is 83.4 cm³/mol. The number of carbonyl (C=O) groups excluding carboxylic acids is 1. The molecule has 2 aromatic rings. The van der Waals surface area contributed by atoms with Gasteiger partial charge in [-0.1, -0.05) is 13.8 Å². The van der Waals surface area contributed by atoms with Crippen molar-refractivity contribution in [2.75, 3.05) is 0 Å². The van der Waals surface area contributed by atoms with Crippen LogP contribution in [0.3, 0.4) is 0 Å². The molecule has 0 aliphatic rings. The van der Waals surface area contributed by atoms with Crippen molar-refractivity contribution < 1.29 is 22.4 Å². The number of halogens is 4. The number of amides is 1. The highest BCUT2D eigenvalue weighted by Gasteiger charge is 2.31. The summed E-state index contributed by atoms with van der Waals surface area (Å²) in [7, 11) is 0. The molecule has 0 aliphatic heterocycles. The number of nitrogens with zero attached hydrogens (tertiary/aromatic N) is 2. The van der Waals surface area contributed by atoms with E-state index in [1.165, 1.54) is 6.20 Å². The standard InChI is InChI=1S/C17H17F4N3O/c1-9(2)15-22-7-10(3)14(24-15)16(25)23-8-11-6-12(17(19,20)21)4-5-13(11)18/h4-7,9H,8H2,1-3H3,(H,23,25). The summed E-state index contributed by atoms with van der Waals surface area (Å²) in [6.07, 6.45) is -3.08. The van der Waals surface area contributed by atoms with Gasteiger partial charge in [-0.3, -0.25) is 4.79 Å². The molecule has 0 aliphatic carbocycles. The summed E-state index contributed by atoms with van der Waals surface area (Å²) in [4.78, 5) is 20.5. The number of hydrogen-bond donors (Lipinski definition) is 1. The van der Waals surface area contributed by atoms with Crippen LogP contribution in [0.5, 0.6) is 0 Å². The molecule has 0 bridgehead atoms. The highest BCUT2D eigenvalue weighted by molar-refractivity contribution is 5.93. The van der Waals surface area contributed by atoms with Gasteiger partial charge in [-0.25, -0.2) is 14.4 Å². The van der Waals surface area contributed by atoms with Crippen LogP contribution in [0.1, 0.15) is 52.8 Å². The number of benzene rings is 1. The van der Waals surface area contributed by atoms with Crippen LogP contribution in [-0.2, 0) is 12.7 Å². The summed E-state index contributed by atoms with van der Waals surface area (Å²) >= 11 is 0. The van der Waals surface area contributed by atoms with Crippen molar-refractivity contribution in [3.8, 4) is 0 Å². The molecule has 0 saturated carbocycles. The number of aromatic nitrogens is 2. The maximum Gasteiger partial charge on any atom is 0.416 e. The minimum absolute atomic E-state index is 0.00746. The Bertz CT molecular complexity index is 788. The molecule has 0 saturated heterocycles. The Kier molecular flexibility index (Phi) is 5.39. The van der Waals surface area contributed by atoms with Gasteiger partial charge in [0.1, 0.15) is 17.3 Å². The van der Waals surface area contributed by atoms with Crippen LogP contribution in [-0.4, -0.2) is 15.9 Å². The molecule has 4 nitrogen and oxygen atoms in total. The minimum atomic E-state index is -4.58. The number of rotatable bonds is 4. The molecule has 134 valence electrons. The maximum absolute atomic E-state index is 13.7. The molecule has 25 heavy (non-hydrogen) atoms. The van der Waals surface area contributed by atoms with Crippen molar-refractivity contribution >= 4 is 5.91 Å². The fourth-order valence-corrected chi connectivity index (χ4v) is 2.11. The zero-order valence-electron chi connectivity index (χ0n) is 13.9. The third kappa shape index (κ3) is 4.52. The molecule has 1 N–H and O–H groups in total. The van der Waals surface area contributed by atoms with Crippen LogP contribution in [0.15, 0.2) is 24.4 Å². The van der Waals surface area contributed by atoms with Crippen LogP contribution in [0.2, 0.25) is 0 Å². The maximum atomic E-state index is 13.7. The molecule has 0 spiro atoms. The molecule has 0 fully saturated rings. The number of nitrogens with one attached hydrogen (secondary N) is 1. The van der Waals surface area contributed by atoms with Crippen molar-refractivity contribution in [3.63, 3.8) is 0 Å². The van der Waals surface area contributed by atoms with Crippen molar-refractivity contribution in [2.24, 2.45) is 0 Å². The molecule has 1 heterocycles. The Morgan fingerprint density at radius 1 is 1.28 bits per heavy atom. The van der Waals surface area contributed by atoms with Gasteiger partial charge in [0.15, 0.2) is 0 Å². The van der Waals surface area contributed by atoms with Crippen LogP contribution in [0, 0.1) is 12.7 Å². The Morgan fingerprint density at radius 3 is 2.56 bits per heavy atom. The van der Waals surface area contributed by atoms with E-state index < -0.39 is 23.5 Å². The lowest BCUT2D eigenvalue weighted by Crippen LogP contribution is -2.26. The first-order valence-corrected chi connectivity index (χ1v) is 7.57. The quantitative estimate of drug-likeness (QED) is 0.844. The smallest absolute Gasteiger partial charge is 0.347 e. The monoisotopic (exact) mass is 355 g/mol. The summed E-state index contributed by atoms with van der Waals surface area (Å²) in [5.41, 5.74) is -0.588. The van der Waals surface area contributed by atoms with Crippen molar-refractivity contribution in [2.45, 2.75) is 39.4 Å². The van der Waals surface area contributed by atoms with Gasteiger partial charge in [0.2, 0.25) is 0 Å². The molecule has 2 rings (SSSR count). The van der Waals surface area contributed by atoms with E-state index in [4.69, 9.17) is 0 Å². The molecular weight excluding hydrogens is 338 g/mol. The summed E-state index contributed by atoms with van der Waals surface area (Å²) < 4.78 is 51.8. The Labute approximate surface area is 142 Å². The highest BCUT2D eigenvalue weighted by Crippen LogP contribution is 2.30. The fourth-order valence-electron chi connectivity index (χ4n) is 2.11. The third-order valence-electron chi connectivity index (χ3n) is 3.53. The fraction of sp³-hybridized carbons (Fsp3) is 0.353. The zero-order valence-corrected chi connectivity index (χ0v) is 13.9. The number of aryl methyl sites for hydroxylation is 1. The average Bonchev–Trinajstić information content (AvgIpc) is 2.52. The van der Waals surface area contributed by atoms with Gasteiger partial charge in [-0.05, 0) is 30.7 Å². The number of hydrogen-bond acceptors (Lipinski definition) is 3. The first-order valence-electron chi connectivity index (χ1n) is 7.57. The van der Waals surface area contributed by atoms with E-state index >= 15 is 0 Å². The van der Waals surface area contributed by atoms with Gasteiger partial charge in [0.05, 0.1) is 5.56 Å². The normalized spacial score (nSPS) is 11.7. The zero-order chi connectivity index (χ0) is 18.8. The molecule has 1 aromatic heterocycles. The lowest BCUT2D eigenvalue weighted by Gasteiger charge is -2.12. The molecule has 0 radical (unpaired) electrons. The second-order valence-corrected chi connectivity index (χ2v) is 5.90. The van der Waals surface area contributed by atoms with Crippen LogP contribution in [0.25, 0.3) is 0 Å². The molecular formula is C17H17F4N3O. The summed E-state index contributed by atoms with van der Waals surface area (Å²) in [6.45, 7) is 4.99. The average molecular weight is 355 g/mol. The predicted octanol–water partition coefficient (Wildman–Crippen LogP) is 4.00. The minimum Gasteiger partial charge on any atom is -0.347 e. The van der Waals surface area contributed by atoms with Gasteiger partial charge in [0, 0.05) is 24.2 Å². The van der Waals surface area contributed by atoms with Crippen LogP contribution in [0.4, 0.5) is 17.6 Å². The van der Waals surface area contributed by atoms with E-state index in [-0.39, 0.29) is 23.7 Å². The second kappa shape index (κ2) is 7.16. The summed E-state index contributed by atoms with van der Waals surface area (Å²) in [6, 6.07) is 2.07. The molecule has 0 unspecified atom stereocenters. The first kappa shape index (κ1) is 18.8. The lowest BCUT2D eigenvalue weighted by molar-refractivity contribution is -0.137. The van der Waals surface area contributed by atoms with Gasteiger partial charge < -0.3 is 5.32 Å². The second-order valence-electron chi connectivity index (χ2n) is 5.90. The van der Waals surface area contributed by atoms with E-state index in [1.807, 2.05) is 13.8 Å². The topological polar surface area (TPSA) is 54.9 Å². The van der Waals surface area contributed by atoms with Crippen molar-refractivity contribution in [3.05, 3.63) is 58.4 Å². The summed E-state index contributed by atoms with van der Waals surface area (Å²) in [5.74, 6) is -0.941. The number of alkyl halides is 3. The molecule has 0 atom stereocenters. The van der Waals surface area contributed by atoms with Gasteiger partial charge in [-0.15, -0.1) is 0 Å². The lowest BCUT2D eigenvalue weighted by atomic mass is 10.1. The van der Waals surface area contributed by atoms with Crippen LogP contribution < -0.4 is 5.32 Å². The van der Waals surface area contributed by atoms with E-state index in [1.54, 1.807) is 6.92 Å². The van der Waals surface area contributed by atoms with Crippen LogP contribution >= 0.6 is 0 Å².